The second-order valence-electron chi connectivity index (χ2n) is 5.26. The second kappa shape index (κ2) is 7.52. The van der Waals surface area contributed by atoms with Gasteiger partial charge in [0.15, 0.2) is 0 Å². The first-order chi connectivity index (χ1) is 8.58. The molecule has 0 aromatic rings. The summed E-state index contributed by atoms with van der Waals surface area (Å²) in [6.45, 7) is 7.78. The minimum absolute atomic E-state index is 0.00949. The molecule has 1 rings (SSSR count). The summed E-state index contributed by atoms with van der Waals surface area (Å²) in [6.07, 6.45) is 4.06. The van der Waals surface area contributed by atoms with Crippen LogP contribution in [-0.2, 0) is 9.59 Å². The summed E-state index contributed by atoms with van der Waals surface area (Å²) < 4.78 is 0. The number of imide groups is 1. The van der Waals surface area contributed by atoms with Gasteiger partial charge in [0.2, 0.25) is 11.8 Å². The Hall–Kier alpha value is -0.900. The lowest BCUT2D eigenvalue weighted by Crippen LogP contribution is -2.43. The highest BCUT2D eigenvalue weighted by Crippen LogP contribution is 2.19. The molecular formula is C14H26N2O2. The number of carbonyl (C=O) groups is 2. The Kier molecular flexibility index (Phi) is 6.33. The smallest absolute Gasteiger partial charge is 0.229 e. The van der Waals surface area contributed by atoms with Crippen LogP contribution < -0.4 is 5.32 Å². The van der Waals surface area contributed by atoms with Crippen LogP contribution in [0, 0.1) is 5.92 Å². The van der Waals surface area contributed by atoms with Gasteiger partial charge in [0.1, 0.15) is 0 Å². The lowest BCUT2D eigenvalue weighted by atomic mass is 9.97. The molecule has 104 valence electrons. The molecule has 1 aliphatic rings. The van der Waals surface area contributed by atoms with Crippen molar-refractivity contribution in [3.63, 3.8) is 0 Å². The van der Waals surface area contributed by atoms with Crippen molar-refractivity contribution in [2.75, 3.05) is 13.1 Å². The number of carbonyl (C=O) groups excluding carboxylic acids is 2. The zero-order valence-electron chi connectivity index (χ0n) is 11.9. The van der Waals surface area contributed by atoms with Crippen LogP contribution in [0.25, 0.3) is 0 Å². The van der Waals surface area contributed by atoms with Crippen LogP contribution in [0.15, 0.2) is 0 Å². The molecule has 0 bridgehead atoms. The molecule has 1 unspecified atom stereocenters. The molecule has 0 aliphatic carbocycles. The third-order valence-corrected chi connectivity index (χ3v) is 3.57. The fourth-order valence-corrected chi connectivity index (χ4v) is 2.51. The first-order valence-corrected chi connectivity index (χ1v) is 7.15. The van der Waals surface area contributed by atoms with Gasteiger partial charge in [0, 0.05) is 25.4 Å². The highest BCUT2D eigenvalue weighted by molar-refractivity contribution is 5.97. The third kappa shape index (κ3) is 4.41. The fraction of sp³-hybridized carbons (Fsp3) is 0.857. The topological polar surface area (TPSA) is 49.4 Å². The van der Waals surface area contributed by atoms with Crippen molar-refractivity contribution >= 4 is 11.8 Å². The molecule has 2 amide bonds. The first-order valence-electron chi connectivity index (χ1n) is 7.15. The third-order valence-electron chi connectivity index (χ3n) is 3.57. The van der Waals surface area contributed by atoms with Gasteiger partial charge in [-0.05, 0) is 31.7 Å². The average molecular weight is 254 g/mol. The number of hydrogen-bond acceptors (Lipinski definition) is 3. The molecule has 4 nitrogen and oxygen atoms in total. The number of likely N-dealkylation sites (tertiary alicyclic amines) is 1. The molecule has 0 spiro atoms. The van der Waals surface area contributed by atoms with Crippen molar-refractivity contribution in [1.29, 1.82) is 0 Å². The van der Waals surface area contributed by atoms with Crippen LogP contribution in [0.4, 0.5) is 0 Å². The van der Waals surface area contributed by atoms with Crippen LogP contribution in [0.2, 0.25) is 0 Å². The highest BCUT2D eigenvalue weighted by atomic mass is 16.2. The molecule has 1 aliphatic heterocycles. The minimum atomic E-state index is 0.00949. The van der Waals surface area contributed by atoms with Crippen LogP contribution >= 0.6 is 0 Å². The van der Waals surface area contributed by atoms with Crippen LogP contribution in [0.1, 0.15) is 52.9 Å². The van der Waals surface area contributed by atoms with Crippen LogP contribution in [0.3, 0.4) is 0 Å². The molecule has 0 aromatic heterocycles. The Balaban J connectivity index is 2.34. The van der Waals surface area contributed by atoms with Gasteiger partial charge >= 0.3 is 0 Å². The number of nitrogens with zero attached hydrogens (tertiary/aromatic N) is 1. The summed E-state index contributed by atoms with van der Waals surface area (Å²) >= 11 is 0. The van der Waals surface area contributed by atoms with Gasteiger partial charge in [-0.2, -0.15) is 0 Å². The van der Waals surface area contributed by atoms with Gasteiger partial charge in [-0.15, -0.1) is 0 Å². The van der Waals surface area contributed by atoms with Gasteiger partial charge < -0.3 is 5.32 Å². The molecule has 1 heterocycles. The van der Waals surface area contributed by atoms with Crippen molar-refractivity contribution in [1.82, 2.24) is 10.2 Å². The Morgan fingerprint density at radius 1 is 1.28 bits per heavy atom. The predicted molar refractivity (Wildman–Crippen MR) is 72.1 cm³/mol. The lowest BCUT2D eigenvalue weighted by Gasteiger charge is -2.28. The number of hydrogen-bond donors (Lipinski definition) is 1. The zero-order valence-corrected chi connectivity index (χ0v) is 11.9. The van der Waals surface area contributed by atoms with E-state index in [-0.39, 0.29) is 17.7 Å². The van der Waals surface area contributed by atoms with Gasteiger partial charge in [-0.25, -0.2) is 0 Å². The molecule has 1 saturated heterocycles. The van der Waals surface area contributed by atoms with E-state index in [9.17, 15) is 9.59 Å². The minimum Gasteiger partial charge on any atom is -0.314 e. The Morgan fingerprint density at radius 2 is 1.89 bits per heavy atom. The molecule has 1 atom stereocenters. The summed E-state index contributed by atoms with van der Waals surface area (Å²) in [5, 5.41) is 3.41. The number of rotatable bonds is 7. The molecule has 1 N–H and O–H groups in total. The van der Waals surface area contributed by atoms with E-state index < -0.39 is 0 Å². The molecule has 0 radical (unpaired) electrons. The Bertz CT molecular complexity index is 274. The molecule has 0 saturated carbocycles. The van der Waals surface area contributed by atoms with E-state index in [4.69, 9.17) is 0 Å². The predicted octanol–water partition coefficient (Wildman–Crippen LogP) is 1.94. The average Bonchev–Trinajstić information content (AvgIpc) is 2.31. The number of amides is 2. The molecule has 4 heteroatoms. The van der Waals surface area contributed by atoms with Crippen molar-refractivity contribution in [3.8, 4) is 0 Å². The van der Waals surface area contributed by atoms with E-state index in [0.717, 1.165) is 25.8 Å². The molecular weight excluding hydrogens is 228 g/mol. The molecule has 18 heavy (non-hydrogen) atoms. The monoisotopic (exact) mass is 254 g/mol. The van der Waals surface area contributed by atoms with Crippen molar-refractivity contribution in [2.45, 2.75) is 58.9 Å². The summed E-state index contributed by atoms with van der Waals surface area (Å²) in [5.74, 6) is 0.233. The van der Waals surface area contributed by atoms with E-state index in [2.05, 4.69) is 19.2 Å². The molecule has 1 fully saturated rings. The van der Waals surface area contributed by atoms with Gasteiger partial charge in [-0.1, -0.05) is 20.8 Å². The van der Waals surface area contributed by atoms with Crippen LogP contribution in [0.5, 0.6) is 0 Å². The summed E-state index contributed by atoms with van der Waals surface area (Å²) in [4.78, 5) is 25.0. The normalized spacial score (nSPS) is 19.4. The Morgan fingerprint density at radius 3 is 2.39 bits per heavy atom. The summed E-state index contributed by atoms with van der Waals surface area (Å²) in [5.41, 5.74) is 0. The maximum absolute atomic E-state index is 11.8. The van der Waals surface area contributed by atoms with Gasteiger partial charge in [0.25, 0.3) is 0 Å². The fourth-order valence-electron chi connectivity index (χ4n) is 2.51. The van der Waals surface area contributed by atoms with E-state index in [1.165, 1.54) is 4.90 Å². The zero-order chi connectivity index (χ0) is 13.5. The number of piperidine rings is 1. The van der Waals surface area contributed by atoms with Gasteiger partial charge in [0.05, 0.1) is 0 Å². The summed E-state index contributed by atoms with van der Waals surface area (Å²) in [7, 11) is 0. The Labute approximate surface area is 110 Å². The number of nitrogens with one attached hydrogen (secondary N) is 1. The van der Waals surface area contributed by atoms with Crippen molar-refractivity contribution in [2.24, 2.45) is 5.92 Å². The van der Waals surface area contributed by atoms with Gasteiger partial charge in [-0.3, -0.25) is 14.5 Å². The van der Waals surface area contributed by atoms with Crippen LogP contribution in [-0.4, -0.2) is 35.8 Å². The standard InChI is InChI=1S/C14H26N2O2/c1-4-12(15-5-2)7-6-8-16-13(17)9-11(3)10-14(16)18/h11-12,15H,4-10H2,1-3H3. The van der Waals surface area contributed by atoms with Crippen molar-refractivity contribution < 1.29 is 9.59 Å². The highest BCUT2D eigenvalue weighted by Gasteiger charge is 2.29. The van der Waals surface area contributed by atoms with E-state index in [1.54, 1.807) is 0 Å². The van der Waals surface area contributed by atoms with E-state index in [1.807, 2.05) is 6.92 Å². The quantitative estimate of drug-likeness (QED) is 0.706. The first kappa shape index (κ1) is 15.2. The summed E-state index contributed by atoms with van der Waals surface area (Å²) in [6, 6.07) is 0.504. The lowest BCUT2D eigenvalue weighted by molar-refractivity contribution is -0.149. The maximum atomic E-state index is 11.8. The van der Waals surface area contributed by atoms with Crippen molar-refractivity contribution in [3.05, 3.63) is 0 Å². The SMILES string of the molecule is CCNC(CC)CCCN1C(=O)CC(C)CC1=O. The van der Waals surface area contributed by atoms with E-state index >= 15 is 0 Å². The van der Waals surface area contributed by atoms with E-state index in [0.29, 0.717) is 25.4 Å². The largest absolute Gasteiger partial charge is 0.314 e. The maximum Gasteiger partial charge on any atom is 0.229 e. The molecule has 0 aromatic carbocycles. The second-order valence-corrected chi connectivity index (χ2v) is 5.26.